The maximum Gasteiger partial charge on any atom is 0.418 e. The molecular weight excluding hydrogens is 693 g/mol. The zero-order valence-corrected chi connectivity index (χ0v) is 31.4. The molecule has 53 heavy (non-hydrogen) atoms. The van der Waals surface area contributed by atoms with Crippen LogP contribution in [-0.4, -0.2) is 76.2 Å². The molecule has 3 aliphatic rings. The first-order valence-electron chi connectivity index (χ1n) is 18.5. The Balaban J connectivity index is 1.21. The van der Waals surface area contributed by atoms with Gasteiger partial charge in [0.05, 0.1) is 29.9 Å². The van der Waals surface area contributed by atoms with Crippen LogP contribution in [0.4, 0.5) is 18.0 Å². The quantitative estimate of drug-likeness (QED) is 0.139. The summed E-state index contributed by atoms with van der Waals surface area (Å²) in [6.07, 6.45) is 4.64. The third-order valence-corrected chi connectivity index (χ3v) is 10.1. The number of esters is 1. The van der Waals surface area contributed by atoms with Crippen molar-refractivity contribution in [2.24, 2.45) is 5.92 Å². The van der Waals surface area contributed by atoms with Gasteiger partial charge < -0.3 is 29.7 Å². The average molecular weight is 745 g/mol. The van der Waals surface area contributed by atoms with Crippen molar-refractivity contribution in [3.63, 3.8) is 0 Å². The van der Waals surface area contributed by atoms with Gasteiger partial charge in [0.1, 0.15) is 28.5 Å². The summed E-state index contributed by atoms with van der Waals surface area (Å²) in [6, 6.07) is 3.05. The fourth-order valence-electron chi connectivity index (χ4n) is 7.49. The molecule has 2 aliphatic heterocycles. The van der Waals surface area contributed by atoms with E-state index in [4.69, 9.17) is 14.2 Å². The summed E-state index contributed by atoms with van der Waals surface area (Å²) in [5.41, 5.74) is -2.77. The van der Waals surface area contributed by atoms with E-state index in [0.717, 1.165) is 38.2 Å². The third-order valence-electron chi connectivity index (χ3n) is 10.1. The summed E-state index contributed by atoms with van der Waals surface area (Å²) >= 11 is 0. The highest BCUT2D eigenvalue weighted by atomic mass is 19.4. The van der Waals surface area contributed by atoms with Crippen molar-refractivity contribution in [3.05, 3.63) is 47.2 Å². The van der Waals surface area contributed by atoms with Crippen molar-refractivity contribution in [2.45, 2.75) is 128 Å². The van der Waals surface area contributed by atoms with Crippen molar-refractivity contribution in [3.8, 4) is 5.75 Å². The number of rotatable bonds is 12. The number of hydrogen-bond donors (Lipinski definition) is 2. The van der Waals surface area contributed by atoms with E-state index >= 15 is 0 Å². The van der Waals surface area contributed by atoms with Gasteiger partial charge in [-0.05, 0) is 79.2 Å². The molecule has 3 amide bonds. The van der Waals surface area contributed by atoms with Crippen LogP contribution in [0.25, 0.3) is 10.9 Å². The summed E-state index contributed by atoms with van der Waals surface area (Å²) in [5.74, 6) is -1.25. The fourth-order valence-corrected chi connectivity index (χ4v) is 7.49. The monoisotopic (exact) mass is 744 g/mol. The molecule has 4 atom stereocenters. The molecule has 0 bridgehead atoms. The lowest BCUT2D eigenvalue weighted by Gasteiger charge is -2.36. The predicted octanol–water partition coefficient (Wildman–Crippen LogP) is 6.72. The number of carbonyl (C=O) groups is 4. The Labute approximate surface area is 308 Å². The number of alkyl carbamates (subject to hydrolysis) is 1. The number of aromatic nitrogens is 1. The number of alkyl halides is 3. The second kappa shape index (κ2) is 15.5. The van der Waals surface area contributed by atoms with Gasteiger partial charge in [0.25, 0.3) is 0 Å². The average Bonchev–Trinajstić information content (AvgIpc) is 3.63. The van der Waals surface area contributed by atoms with Crippen molar-refractivity contribution in [2.75, 3.05) is 19.7 Å². The Kier molecular flexibility index (Phi) is 11.7. The summed E-state index contributed by atoms with van der Waals surface area (Å²) in [6.45, 7) is 10.9. The van der Waals surface area contributed by atoms with E-state index in [1.165, 1.54) is 17.9 Å². The number of nitrogens with zero attached hydrogens (tertiary/aromatic N) is 2. The van der Waals surface area contributed by atoms with E-state index in [9.17, 15) is 32.3 Å². The SMILES string of the molecule is CCOC(=O)[C@@]1(NC(=O)[C@@H]2C[C@]3(CCc4c(c(C)nc5c(C(F)(F)F)cccc45)O3)CN2C(C)=O)C[C@H]1/C=C\CCCCCCNC(=O)OC(C)(C)C. The Morgan fingerprint density at radius 1 is 1.09 bits per heavy atom. The smallest absolute Gasteiger partial charge is 0.418 e. The minimum Gasteiger partial charge on any atom is -0.483 e. The number of amides is 3. The van der Waals surface area contributed by atoms with Crippen LogP contribution in [0.2, 0.25) is 0 Å². The lowest BCUT2D eigenvalue weighted by atomic mass is 9.86. The van der Waals surface area contributed by atoms with Crippen LogP contribution in [0.15, 0.2) is 30.4 Å². The van der Waals surface area contributed by atoms with Gasteiger partial charge in [0.2, 0.25) is 11.8 Å². The van der Waals surface area contributed by atoms with E-state index in [-0.39, 0.29) is 36.9 Å². The molecule has 1 aliphatic carbocycles. The van der Waals surface area contributed by atoms with Gasteiger partial charge >= 0.3 is 18.2 Å². The molecule has 1 aromatic carbocycles. The van der Waals surface area contributed by atoms with Gasteiger partial charge in [-0.2, -0.15) is 13.2 Å². The van der Waals surface area contributed by atoms with Crippen LogP contribution >= 0.6 is 0 Å². The van der Waals surface area contributed by atoms with E-state index in [2.05, 4.69) is 15.6 Å². The molecule has 0 radical (unpaired) electrons. The molecule has 1 saturated carbocycles. The van der Waals surface area contributed by atoms with Crippen LogP contribution in [0.5, 0.6) is 5.75 Å². The number of halogens is 3. The zero-order chi connectivity index (χ0) is 38.8. The first-order chi connectivity index (χ1) is 24.9. The summed E-state index contributed by atoms with van der Waals surface area (Å²) in [5, 5.41) is 6.07. The van der Waals surface area contributed by atoms with Crippen molar-refractivity contribution < 1.29 is 46.6 Å². The number of hydrogen-bond acceptors (Lipinski definition) is 8. The number of pyridine rings is 1. The Bertz CT molecular complexity index is 1760. The van der Waals surface area contributed by atoms with Crippen molar-refractivity contribution in [1.29, 1.82) is 0 Å². The number of para-hydroxylation sites is 1. The summed E-state index contributed by atoms with van der Waals surface area (Å²) < 4.78 is 58.6. The summed E-state index contributed by atoms with van der Waals surface area (Å²) in [7, 11) is 0. The van der Waals surface area contributed by atoms with Gasteiger partial charge in [-0.1, -0.05) is 37.1 Å². The lowest BCUT2D eigenvalue weighted by molar-refractivity contribution is -0.150. The van der Waals surface area contributed by atoms with Crippen molar-refractivity contribution >= 4 is 34.8 Å². The van der Waals surface area contributed by atoms with Crippen LogP contribution in [0.3, 0.4) is 0 Å². The maximum atomic E-state index is 14.0. The van der Waals surface area contributed by atoms with Gasteiger partial charge in [-0.15, -0.1) is 0 Å². The number of likely N-dealkylation sites (tertiary alicyclic amines) is 1. The molecule has 1 aromatic heterocycles. The second-order valence-electron chi connectivity index (χ2n) is 15.4. The molecule has 1 spiro atoms. The normalized spacial score (nSPS) is 23.8. The highest BCUT2D eigenvalue weighted by Gasteiger charge is 2.63. The van der Waals surface area contributed by atoms with Gasteiger partial charge in [0.15, 0.2) is 0 Å². The highest BCUT2D eigenvalue weighted by Crippen LogP contribution is 2.48. The number of fused-ring (bicyclic) bond motifs is 3. The van der Waals surface area contributed by atoms with E-state index in [1.54, 1.807) is 19.9 Å². The molecule has 1 saturated heterocycles. The number of nitrogens with one attached hydrogen (secondary N) is 2. The number of allylic oxidation sites excluding steroid dienone is 1. The Morgan fingerprint density at radius 3 is 2.51 bits per heavy atom. The van der Waals surface area contributed by atoms with E-state index in [0.29, 0.717) is 48.2 Å². The number of carbonyl (C=O) groups excluding carboxylic acids is 4. The molecule has 2 fully saturated rings. The highest BCUT2D eigenvalue weighted by molar-refractivity contribution is 5.95. The zero-order valence-electron chi connectivity index (χ0n) is 31.4. The third kappa shape index (κ3) is 9.06. The molecule has 14 heteroatoms. The van der Waals surface area contributed by atoms with Gasteiger partial charge in [0, 0.05) is 36.8 Å². The molecule has 2 N–H and O–H groups in total. The molecule has 11 nitrogen and oxygen atoms in total. The first-order valence-corrected chi connectivity index (χ1v) is 18.5. The van der Waals surface area contributed by atoms with Crippen LogP contribution < -0.4 is 15.4 Å². The van der Waals surface area contributed by atoms with Gasteiger partial charge in [-0.25, -0.2) is 14.6 Å². The number of aryl methyl sites for hydroxylation is 2. The first kappa shape index (κ1) is 39.8. The predicted molar refractivity (Wildman–Crippen MR) is 191 cm³/mol. The van der Waals surface area contributed by atoms with E-state index in [1.807, 2.05) is 32.9 Å². The molecule has 290 valence electrons. The van der Waals surface area contributed by atoms with Crippen molar-refractivity contribution in [1.82, 2.24) is 20.5 Å². The Morgan fingerprint density at radius 2 is 1.83 bits per heavy atom. The van der Waals surface area contributed by atoms with E-state index < -0.39 is 52.5 Å². The molecular formula is C39H51F3N4O7. The second-order valence-corrected chi connectivity index (χ2v) is 15.4. The molecule has 3 heterocycles. The molecule has 2 aromatic rings. The minimum absolute atomic E-state index is 0.104. The standard InChI is InChI=1S/C39H51F3N4O7/c1-7-51-34(49)38(21-26(38)15-12-10-8-9-11-13-20-43-35(50)53-36(4,5)6)45-33(48)30-22-37(23-46(30)25(3)47)19-18-28-27-16-14-17-29(39(40,41)42)31(27)44-24(2)32(28)52-37/h12,14-17,26,30H,7-11,13,18-23H2,1-6H3,(H,43,50)(H,45,48)/b15-12-/t26-,30+,37-,38-/m1/s1. The molecule has 0 unspecified atom stereocenters. The largest absolute Gasteiger partial charge is 0.483 e. The number of ether oxygens (including phenoxy) is 3. The lowest BCUT2D eigenvalue weighted by Crippen LogP contribution is -2.53. The number of benzene rings is 1. The van der Waals surface area contributed by atoms with Crippen LogP contribution in [0.1, 0.15) is 103 Å². The van der Waals surface area contributed by atoms with Gasteiger partial charge in [-0.3, -0.25) is 9.59 Å². The maximum absolute atomic E-state index is 14.0. The minimum atomic E-state index is -4.57. The van der Waals surface area contributed by atoms with Crippen LogP contribution in [0, 0.1) is 12.8 Å². The topological polar surface area (TPSA) is 136 Å². The number of unbranched alkanes of at least 4 members (excludes halogenated alkanes) is 4. The summed E-state index contributed by atoms with van der Waals surface area (Å²) in [4.78, 5) is 57.6. The fraction of sp³-hybridized carbons (Fsp3) is 0.615. The van der Waals surface area contributed by atoms with Crippen LogP contribution in [-0.2, 0) is 36.5 Å². The molecule has 5 rings (SSSR count). The Hall–Kier alpha value is -4.36.